The predicted octanol–water partition coefficient (Wildman–Crippen LogP) is 1.000. The Hall–Kier alpha value is -1.60. The summed E-state index contributed by atoms with van der Waals surface area (Å²) in [7, 11) is -2.59. The van der Waals surface area contributed by atoms with Crippen molar-refractivity contribution in [3.8, 4) is 5.75 Å². The van der Waals surface area contributed by atoms with E-state index in [0.29, 0.717) is 11.3 Å². The molecule has 0 fully saturated rings. The van der Waals surface area contributed by atoms with Crippen LogP contribution in [0.5, 0.6) is 5.75 Å². The van der Waals surface area contributed by atoms with Gasteiger partial charge in [-0.15, -0.1) is 0 Å². The molecule has 1 aromatic carbocycles. The molecule has 3 N–H and O–H groups in total. The van der Waals surface area contributed by atoms with Crippen molar-refractivity contribution in [3.63, 3.8) is 0 Å². The number of ether oxygens (including phenoxy) is 1. The second kappa shape index (κ2) is 5.36. The number of aryl methyl sites for hydroxylation is 1. The monoisotopic (exact) mass is 272 g/mol. The molecule has 0 unspecified atom stereocenters. The molecule has 0 spiro atoms. The van der Waals surface area contributed by atoms with Gasteiger partial charge in [-0.3, -0.25) is 4.79 Å². The zero-order valence-corrected chi connectivity index (χ0v) is 11.3. The third-order valence-electron chi connectivity index (χ3n) is 2.31. The van der Waals surface area contributed by atoms with Crippen molar-refractivity contribution in [1.29, 1.82) is 0 Å². The van der Waals surface area contributed by atoms with Crippen LogP contribution in [0.4, 0.5) is 5.69 Å². The molecule has 0 aliphatic carbocycles. The minimum atomic E-state index is -3.91. The van der Waals surface area contributed by atoms with Crippen molar-refractivity contribution in [2.24, 2.45) is 5.14 Å². The molecule has 0 bridgehead atoms. The number of nitrogens with one attached hydrogen (secondary N) is 1. The van der Waals surface area contributed by atoms with E-state index in [2.05, 4.69) is 5.32 Å². The minimum Gasteiger partial charge on any atom is -0.493 e. The van der Waals surface area contributed by atoms with Gasteiger partial charge in [-0.1, -0.05) is 6.92 Å². The lowest BCUT2D eigenvalue weighted by atomic mass is 10.2. The Balaban J connectivity index is 3.43. The van der Waals surface area contributed by atoms with Crippen LogP contribution in [0.15, 0.2) is 17.0 Å². The lowest BCUT2D eigenvalue weighted by Crippen LogP contribution is -2.16. The van der Waals surface area contributed by atoms with Gasteiger partial charge in [0.2, 0.25) is 15.9 Å². The summed E-state index contributed by atoms with van der Waals surface area (Å²) in [5.74, 6) is -0.191. The zero-order chi connectivity index (χ0) is 13.9. The molecule has 0 aliphatic rings. The lowest BCUT2D eigenvalue weighted by Gasteiger charge is -2.14. The number of benzene rings is 1. The van der Waals surface area contributed by atoms with Gasteiger partial charge in [0.15, 0.2) is 5.75 Å². The van der Waals surface area contributed by atoms with E-state index in [1.807, 2.05) is 0 Å². The van der Waals surface area contributed by atoms with Crippen molar-refractivity contribution in [2.75, 3.05) is 12.4 Å². The summed E-state index contributed by atoms with van der Waals surface area (Å²) in [4.78, 5) is 11.2. The zero-order valence-electron chi connectivity index (χ0n) is 10.5. The summed E-state index contributed by atoms with van der Waals surface area (Å²) in [6, 6.07) is 3.02. The van der Waals surface area contributed by atoms with Gasteiger partial charge in [-0.25, -0.2) is 13.6 Å². The average Bonchev–Trinajstić information content (AvgIpc) is 2.27. The summed E-state index contributed by atoms with van der Waals surface area (Å²) in [6.07, 6.45) is 0.280. The van der Waals surface area contributed by atoms with Crippen LogP contribution in [0.3, 0.4) is 0 Å². The van der Waals surface area contributed by atoms with Crippen molar-refractivity contribution < 1.29 is 17.9 Å². The van der Waals surface area contributed by atoms with Crippen molar-refractivity contribution in [3.05, 3.63) is 17.7 Å². The summed E-state index contributed by atoms with van der Waals surface area (Å²) in [5, 5.41) is 7.69. The number of carbonyl (C=O) groups is 1. The van der Waals surface area contributed by atoms with Crippen LogP contribution in [-0.2, 0) is 14.8 Å². The first-order valence-corrected chi connectivity index (χ1v) is 6.85. The molecule has 18 heavy (non-hydrogen) atoms. The molecular weight excluding hydrogens is 256 g/mol. The van der Waals surface area contributed by atoms with Crippen molar-refractivity contribution in [2.45, 2.75) is 25.2 Å². The van der Waals surface area contributed by atoms with Crippen LogP contribution in [0.25, 0.3) is 0 Å². The maximum Gasteiger partial charge on any atom is 0.241 e. The van der Waals surface area contributed by atoms with E-state index in [1.54, 1.807) is 19.9 Å². The number of hydrogen-bond donors (Lipinski definition) is 2. The quantitative estimate of drug-likeness (QED) is 0.854. The van der Waals surface area contributed by atoms with Crippen LogP contribution in [0, 0.1) is 6.92 Å². The molecule has 7 heteroatoms. The molecule has 1 aromatic rings. The average molecular weight is 272 g/mol. The van der Waals surface area contributed by atoms with Crippen molar-refractivity contribution >= 4 is 21.6 Å². The van der Waals surface area contributed by atoms with E-state index in [-0.39, 0.29) is 23.0 Å². The SMILES string of the molecule is CCC(=O)Nc1cc(C)cc(S(N)(=O)=O)c1OC. The first-order chi connectivity index (χ1) is 8.29. The predicted molar refractivity (Wildman–Crippen MR) is 68.0 cm³/mol. The number of amides is 1. The van der Waals surface area contributed by atoms with Crippen LogP contribution >= 0.6 is 0 Å². The summed E-state index contributed by atoms with van der Waals surface area (Å²) < 4.78 is 27.9. The maximum absolute atomic E-state index is 11.5. The van der Waals surface area contributed by atoms with Gasteiger partial charge < -0.3 is 10.1 Å². The number of sulfonamides is 1. The summed E-state index contributed by atoms with van der Waals surface area (Å²) in [5.41, 5.74) is 0.958. The standard InChI is InChI=1S/C11H16N2O4S/c1-4-10(14)13-8-5-7(2)6-9(11(8)17-3)18(12,15)16/h5-6H,4H2,1-3H3,(H,13,14)(H2,12,15,16). The fourth-order valence-electron chi connectivity index (χ4n) is 1.49. The highest BCUT2D eigenvalue weighted by Crippen LogP contribution is 2.33. The molecular formula is C11H16N2O4S. The Morgan fingerprint density at radius 3 is 2.50 bits per heavy atom. The van der Waals surface area contributed by atoms with E-state index in [9.17, 15) is 13.2 Å². The molecule has 1 amide bonds. The van der Waals surface area contributed by atoms with E-state index in [4.69, 9.17) is 9.88 Å². The Kier molecular flexibility index (Phi) is 4.31. The van der Waals surface area contributed by atoms with Crippen LogP contribution < -0.4 is 15.2 Å². The summed E-state index contributed by atoms with van der Waals surface area (Å²) >= 11 is 0. The Bertz CT molecular complexity index is 567. The molecule has 0 aliphatic heterocycles. The van der Waals surface area contributed by atoms with Gasteiger partial charge >= 0.3 is 0 Å². The fourth-order valence-corrected chi connectivity index (χ4v) is 2.30. The van der Waals surface area contributed by atoms with Gasteiger partial charge in [-0.2, -0.15) is 0 Å². The molecule has 0 aromatic heterocycles. The first kappa shape index (κ1) is 14.5. The topological polar surface area (TPSA) is 98.5 Å². The molecule has 0 radical (unpaired) electrons. The number of anilines is 1. The van der Waals surface area contributed by atoms with Crippen LogP contribution in [0.2, 0.25) is 0 Å². The van der Waals surface area contributed by atoms with Gasteiger partial charge in [-0.05, 0) is 24.6 Å². The second-order valence-electron chi connectivity index (χ2n) is 3.79. The third-order valence-corrected chi connectivity index (χ3v) is 3.22. The molecule has 0 heterocycles. The third kappa shape index (κ3) is 3.21. The Morgan fingerprint density at radius 2 is 2.06 bits per heavy atom. The first-order valence-electron chi connectivity index (χ1n) is 5.31. The molecule has 6 nitrogen and oxygen atoms in total. The highest BCUT2D eigenvalue weighted by atomic mass is 32.2. The Morgan fingerprint density at radius 1 is 1.44 bits per heavy atom. The highest BCUT2D eigenvalue weighted by molar-refractivity contribution is 7.89. The van der Waals surface area contributed by atoms with Crippen molar-refractivity contribution in [1.82, 2.24) is 0 Å². The van der Waals surface area contributed by atoms with Crippen LogP contribution in [-0.4, -0.2) is 21.4 Å². The normalized spacial score (nSPS) is 11.1. The van der Waals surface area contributed by atoms with Gasteiger partial charge in [0.25, 0.3) is 0 Å². The minimum absolute atomic E-state index is 0.0462. The molecule has 100 valence electrons. The number of rotatable bonds is 4. The number of hydrogen-bond acceptors (Lipinski definition) is 4. The number of nitrogens with two attached hydrogens (primary N) is 1. The maximum atomic E-state index is 11.5. The molecule has 1 rings (SSSR count). The van der Waals surface area contributed by atoms with Gasteiger partial charge in [0, 0.05) is 6.42 Å². The van der Waals surface area contributed by atoms with E-state index < -0.39 is 10.0 Å². The number of carbonyl (C=O) groups excluding carboxylic acids is 1. The van der Waals surface area contributed by atoms with Gasteiger partial charge in [0.05, 0.1) is 12.8 Å². The molecule has 0 saturated heterocycles. The largest absolute Gasteiger partial charge is 0.493 e. The number of methoxy groups -OCH3 is 1. The van der Waals surface area contributed by atoms with Crippen LogP contribution in [0.1, 0.15) is 18.9 Å². The summed E-state index contributed by atoms with van der Waals surface area (Å²) in [6.45, 7) is 3.40. The van der Waals surface area contributed by atoms with E-state index >= 15 is 0 Å². The second-order valence-corrected chi connectivity index (χ2v) is 5.32. The van der Waals surface area contributed by atoms with E-state index in [0.717, 1.165) is 0 Å². The highest BCUT2D eigenvalue weighted by Gasteiger charge is 2.20. The molecule has 0 atom stereocenters. The smallest absolute Gasteiger partial charge is 0.241 e. The molecule has 0 saturated carbocycles. The fraction of sp³-hybridized carbons (Fsp3) is 0.364. The lowest BCUT2D eigenvalue weighted by molar-refractivity contribution is -0.115. The van der Waals surface area contributed by atoms with Gasteiger partial charge in [0.1, 0.15) is 4.90 Å². The number of primary sulfonamides is 1. The van der Waals surface area contributed by atoms with E-state index in [1.165, 1.54) is 13.2 Å². The Labute approximate surface area is 106 Å².